The van der Waals surface area contributed by atoms with Crippen molar-refractivity contribution in [1.29, 1.82) is 0 Å². The maximum absolute atomic E-state index is 12.7. The predicted octanol–water partition coefficient (Wildman–Crippen LogP) is 3.50. The number of ether oxygens (including phenoxy) is 1. The van der Waals surface area contributed by atoms with Crippen LogP contribution in [0.5, 0.6) is 0 Å². The molecule has 0 atom stereocenters. The minimum Gasteiger partial charge on any atom is -0.455 e. The summed E-state index contributed by atoms with van der Waals surface area (Å²) in [6.07, 6.45) is 8.67. The summed E-state index contributed by atoms with van der Waals surface area (Å²) in [5.41, 5.74) is 0.998. The van der Waals surface area contributed by atoms with Gasteiger partial charge in [-0.3, -0.25) is 9.59 Å². The third kappa shape index (κ3) is 3.79. The van der Waals surface area contributed by atoms with Gasteiger partial charge in [-0.2, -0.15) is 0 Å². The standard InChI is InChI=1S/C22H29NO3/c24-20(23-8-4-7-16-5-2-1-3-6-16)15-26-21(25)22-12-17-9-18(13-22)11-19(10-17)14-22/h1-3,5-6,17-19H,4,7-15H2,(H,23,24). The molecule has 0 heterocycles. The van der Waals surface area contributed by atoms with Gasteiger partial charge >= 0.3 is 5.97 Å². The highest BCUT2D eigenvalue weighted by atomic mass is 16.5. The van der Waals surface area contributed by atoms with Gasteiger partial charge in [-0.25, -0.2) is 0 Å². The second kappa shape index (κ2) is 7.42. The highest BCUT2D eigenvalue weighted by molar-refractivity contribution is 5.83. The number of esters is 1. The van der Waals surface area contributed by atoms with Gasteiger partial charge in [-0.05, 0) is 74.7 Å². The molecule has 0 aromatic heterocycles. The highest BCUT2D eigenvalue weighted by Gasteiger charge is 2.55. The van der Waals surface area contributed by atoms with Crippen molar-refractivity contribution in [2.24, 2.45) is 23.2 Å². The number of carbonyl (C=O) groups is 2. The zero-order chi connectivity index (χ0) is 18.0. The molecule has 140 valence electrons. The SMILES string of the molecule is O=C(COC(=O)C12CC3CC(CC(C3)C1)C2)NCCCc1ccccc1. The van der Waals surface area contributed by atoms with E-state index in [1.807, 2.05) is 18.2 Å². The number of hydrogen-bond acceptors (Lipinski definition) is 3. The Balaban J connectivity index is 1.18. The Morgan fingerprint density at radius 2 is 1.62 bits per heavy atom. The molecule has 0 unspecified atom stereocenters. The van der Waals surface area contributed by atoms with Crippen LogP contribution in [0.2, 0.25) is 0 Å². The van der Waals surface area contributed by atoms with Crippen molar-refractivity contribution in [3.63, 3.8) is 0 Å². The number of benzene rings is 1. The van der Waals surface area contributed by atoms with Crippen molar-refractivity contribution in [3.8, 4) is 0 Å². The van der Waals surface area contributed by atoms with Crippen molar-refractivity contribution in [3.05, 3.63) is 35.9 Å². The van der Waals surface area contributed by atoms with Gasteiger partial charge < -0.3 is 10.1 Å². The highest BCUT2D eigenvalue weighted by Crippen LogP contribution is 2.60. The molecule has 4 saturated carbocycles. The Hall–Kier alpha value is -1.84. The van der Waals surface area contributed by atoms with Crippen molar-refractivity contribution in [1.82, 2.24) is 5.32 Å². The van der Waals surface area contributed by atoms with E-state index in [1.54, 1.807) is 0 Å². The molecule has 5 rings (SSSR count). The van der Waals surface area contributed by atoms with Gasteiger partial charge in [0, 0.05) is 6.54 Å². The third-order valence-corrected chi connectivity index (χ3v) is 6.61. The van der Waals surface area contributed by atoms with E-state index in [9.17, 15) is 9.59 Å². The van der Waals surface area contributed by atoms with Crippen LogP contribution in [-0.4, -0.2) is 25.0 Å². The molecule has 4 nitrogen and oxygen atoms in total. The van der Waals surface area contributed by atoms with Crippen molar-refractivity contribution in [2.45, 2.75) is 51.4 Å². The fraction of sp³-hybridized carbons (Fsp3) is 0.636. The summed E-state index contributed by atoms with van der Waals surface area (Å²) < 4.78 is 5.45. The molecule has 26 heavy (non-hydrogen) atoms. The number of hydrogen-bond donors (Lipinski definition) is 1. The molecule has 4 aliphatic carbocycles. The van der Waals surface area contributed by atoms with E-state index in [4.69, 9.17) is 4.74 Å². The molecule has 0 saturated heterocycles. The lowest BCUT2D eigenvalue weighted by Gasteiger charge is -2.55. The maximum atomic E-state index is 12.7. The van der Waals surface area contributed by atoms with Crippen LogP contribution in [0.15, 0.2) is 30.3 Å². The van der Waals surface area contributed by atoms with Crippen molar-refractivity contribution in [2.75, 3.05) is 13.2 Å². The molecule has 1 aromatic rings. The van der Waals surface area contributed by atoms with Gasteiger partial charge in [0.25, 0.3) is 5.91 Å². The van der Waals surface area contributed by atoms with Crippen LogP contribution >= 0.6 is 0 Å². The Kier molecular flexibility index (Phi) is 5.01. The molecule has 4 fully saturated rings. The molecule has 1 amide bonds. The van der Waals surface area contributed by atoms with Crippen LogP contribution < -0.4 is 5.32 Å². The first-order valence-corrected chi connectivity index (χ1v) is 10.1. The van der Waals surface area contributed by atoms with Crippen LogP contribution in [-0.2, 0) is 20.7 Å². The Morgan fingerprint density at radius 3 is 2.23 bits per heavy atom. The minimum absolute atomic E-state index is 0.115. The summed E-state index contributed by atoms with van der Waals surface area (Å²) in [6, 6.07) is 10.2. The van der Waals surface area contributed by atoms with Gasteiger partial charge in [0.15, 0.2) is 6.61 Å². The average Bonchev–Trinajstić information content (AvgIpc) is 2.63. The van der Waals surface area contributed by atoms with Gasteiger partial charge in [0.2, 0.25) is 0 Å². The first-order chi connectivity index (χ1) is 12.6. The molecule has 0 aliphatic heterocycles. The van der Waals surface area contributed by atoms with Crippen molar-refractivity contribution < 1.29 is 14.3 Å². The van der Waals surface area contributed by atoms with Crippen LogP contribution in [0.4, 0.5) is 0 Å². The van der Waals surface area contributed by atoms with Crippen molar-refractivity contribution >= 4 is 11.9 Å². The number of amides is 1. The van der Waals surface area contributed by atoms with E-state index in [2.05, 4.69) is 17.4 Å². The average molecular weight is 355 g/mol. The molecule has 4 heteroatoms. The second-order valence-electron chi connectivity index (χ2n) is 8.71. The maximum Gasteiger partial charge on any atom is 0.312 e. The summed E-state index contributed by atoms with van der Waals surface area (Å²) in [7, 11) is 0. The van der Waals surface area contributed by atoms with Crippen LogP contribution in [0.25, 0.3) is 0 Å². The number of aryl methyl sites for hydroxylation is 1. The largest absolute Gasteiger partial charge is 0.455 e. The lowest BCUT2D eigenvalue weighted by Crippen LogP contribution is -2.51. The molecule has 0 spiro atoms. The van der Waals surface area contributed by atoms with Gasteiger partial charge in [-0.15, -0.1) is 0 Å². The van der Waals surface area contributed by atoms with Crippen LogP contribution in [0, 0.1) is 23.2 Å². The fourth-order valence-electron chi connectivity index (χ4n) is 5.86. The van der Waals surface area contributed by atoms with E-state index in [0.717, 1.165) is 32.1 Å². The molecule has 0 radical (unpaired) electrons. The summed E-state index contributed by atoms with van der Waals surface area (Å²) in [6.45, 7) is 0.481. The fourth-order valence-corrected chi connectivity index (χ4v) is 5.86. The quantitative estimate of drug-likeness (QED) is 0.602. The normalized spacial score (nSPS) is 31.6. The molecule has 1 aromatic carbocycles. The third-order valence-electron chi connectivity index (χ3n) is 6.61. The molecular formula is C22H29NO3. The molecule has 4 aliphatic rings. The van der Waals surface area contributed by atoms with Gasteiger partial charge in [0.1, 0.15) is 0 Å². The lowest BCUT2D eigenvalue weighted by molar-refractivity contribution is -0.173. The van der Waals surface area contributed by atoms with E-state index < -0.39 is 0 Å². The molecule has 4 bridgehead atoms. The Morgan fingerprint density at radius 1 is 1.00 bits per heavy atom. The molecular weight excluding hydrogens is 326 g/mol. The predicted molar refractivity (Wildman–Crippen MR) is 99.3 cm³/mol. The van der Waals surface area contributed by atoms with Gasteiger partial charge in [0.05, 0.1) is 5.41 Å². The summed E-state index contributed by atoms with van der Waals surface area (Å²) in [5, 5.41) is 2.87. The monoisotopic (exact) mass is 355 g/mol. The zero-order valence-electron chi connectivity index (χ0n) is 15.4. The number of carbonyl (C=O) groups excluding carboxylic acids is 2. The summed E-state index contributed by atoms with van der Waals surface area (Å²) in [5.74, 6) is 1.83. The smallest absolute Gasteiger partial charge is 0.312 e. The summed E-state index contributed by atoms with van der Waals surface area (Å²) in [4.78, 5) is 24.7. The van der Waals surface area contributed by atoms with E-state index in [1.165, 1.54) is 24.8 Å². The molecule has 1 N–H and O–H groups in total. The first-order valence-electron chi connectivity index (χ1n) is 10.1. The van der Waals surface area contributed by atoms with Gasteiger partial charge in [-0.1, -0.05) is 30.3 Å². The topological polar surface area (TPSA) is 55.4 Å². The number of rotatable bonds is 7. The summed E-state index contributed by atoms with van der Waals surface area (Å²) >= 11 is 0. The van der Waals surface area contributed by atoms with E-state index in [0.29, 0.717) is 24.3 Å². The first kappa shape index (κ1) is 17.6. The number of nitrogens with one attached hydrogen (secondary N) is 1. The second-order valence-corrected chi connectivity index (χ2v) is 8.71. The van der Waals surface area contributed by atoms with Crippen LogP contribution in [0.1, 0.15) is 50.5 Å². The lowest BCUT2D eigenvalue weighted by atomic mass is 9.49. The Labute approximate surface area is 155 Å². The van der Waals surface area contributed by atoms with Crippen LogP contribution in [0.3, 0.4) is 0 Å². The Bertz CT molecular complexity index is 619. The minimum atomic E-state index is -0.275. The zero-order valence-corrected chi connectivity index (χ0v) is 15.4. The van der Waals surface area contributed by atoms with E-state index in [-0.39, 0.29) is 23.9 Å². The van der Waals surface area contributed by atoms with E-state index >= 15 is 0 Å².